The number of aromatic nitrogens is 1. The van der Waals surface area contributed by atoms with Gasteiger partial charge in [-0.2, -0.15) is 0 Å². The number of rotatable bonds is 7. The minimum Gasteiger partial charge on any atom is -0.492 e. The Kier molecular flexibility index (Phi) is 10.2. The first kappa shape index (κ1) is 43.6. The fourth-order valence-electron chi connectivity index (χ4n) is 13.1. The predicted octanol–water partition coefficient (Wildman–Crippen LogP) is 6.39. The van der Waals surface area contributed by atoms with Crippen LogP contribution in [0.1, 0.15) is 109 Å². The second kappa shape index (κ2) is 14.7. The number of methoxy groups -OCH3 is 1. The molecule has 7 aliphatic rings. The number of allylic oxidation sites excluding steroid dienone is 4. The second-order valence-electron chi connectivity index (χ2n) is 20.9. The highest BCUT2D eigenvalue weighted by Gasteiger charge is 2.75. The number of fused-ring (bicyclic) bond motifs is 7. The Bertz CT molecular complexity index is 2440. The van der Waals surface area contributed by atoms with Gasteiger partial charge in [-0.15, -0.1) is 0 Å². The first-order chi connectivity index (χ1) is 29.6. The van der Waals surface area contributed by atoms with Crippen molar-refractivity contribution >= 4 is 40.2 Å². The molecule has 2 saturated heterocycles. The Morgan fingerprint density at radius 1 is 1.05 bits per heavy atom. The molecule has 1 amide bonds. The maximum Gasteiger partial charge on any atom is 0.410 e. The number of ketones is 2. The summed E-state index contributed by atoms with van der Waals surface area (Å²) in [6.07, 6.45) is 7.55. The molecule has 0 unspecified atom stereocenters. The van der Waals surface area contributed by atoms with E-state index in [1.54, 1.807) is 36.3 Å². The third-order valence-electron chi connectivity index (χ3n) is 16.3. The van der Waals surface area contributed by atoms with Crippen molar-refractivity contribution in [1.82, 2.24) is 9.47 Å². The molecule has 5 aliphatic carbocycles. The van der Waals surface area contributed by atoms with Crippen molar-refractivity contribution in [3.8, 4) is 5.75 Å². The summed E-state index contributed by atoms with van der Waals surface area (Å²) in [6.45, 7) is 10.9. The number of alkyl halides is 1. The van der Waals surface area contributed by atoms with Crippen molar-refractivity contribution in [2.75, 3.05) is 38.3 Å². The van der Waals surface area contributed by atoms with E-state index in [4.69, 9.17) is 14.2 Å². The van der Waals surface area contributed by atoms with E-state index in [0.717, 1.165) is 31.7 Å². The number of ether oxygens (including phenoxy) is 3. The average molecular weight is 876 g/mol. The number of halogens is 2. The van der Waals surface area contributed by atoms with Gasteiger partial charge in [0.1, 0.15) is 22.5 Å². The summed E-state index contributed by atoms with van der Waals surface area (Å²) in [4.78, 5) is 71.5. The number of nitrogens with zero attached hydrogens (tertiary/aromatic N) is 3. The van der Waals surface area contributed by atoms with Crippen molar-refractivity contribution in [1.29, 1.82) is 0 Å². The minimum absolute atomic E-state index is 0.0547. The van der Waals surface area contributed by atoms with Crippen LogP contribution in [0, 0.1) is 40.3 Å². The minimum atomic E-state index is -2.16. The second-order valence-corrected chi connectivity index (χ2v) is 20.9. The molecule has 3 heterocycles. The van der Waals surface area contributed by atoms with Crippen LogP contribution >= 0.6 is 0 Å². The number of aliphatic hydroxyl groups is 2. The molecule has 6 fully saturated rings. The molecule has 0 spiro atoms. The molecule has 4 saturated carbocycles. The summed E-state index contributed by atoms with van der Waals surface area (Å²) < 4.78 is 53.2. The summed E-state index contributed by atoms with van der Waals surface area (Å²) in [6, 6.07) is 0.757. The molecule has 15 heteroatoms. The predicted molar refractivity (Wildman–Crippen MR) is 228 cm³/mol. The average Bonchev–Trinajstić information content (AvgIpc) is 3.94. The zero-order chi connectivity index (χ0) is 45.3. The lowest BCUT2D eigenvalue weighted by molar-refractivity contribution is -0.219. The number of pyridine rings is 1. The molecule has 2 aromatic rings. The Labute approximate surface area is 365 Å². The standard InChI is InChI=1S/C48H59F2N3O10/c1-25-17-33-32-13-10-27-18-29(54)14-15-45(27,5)47(32,50)36(55)20-46(33,6)48(25,60)37(56)24-62-42(58)31-22-53(28-11-12-28)38-30(40(31)57)19-34(49)39(41(38)61-7)51-21-26-9-8-16-52(35(26)23-51)43(59)63-44(2,3)4/h14-15,18-19,22,25-26,28,32-33,35-36,55,60H,8-13,16-17,20-21,23-24H2,1-7H3/t25-,26+,32-,33-,35-,36-,45-,46-,47-,48-/m1/s1. The molecule has 2 N–H and O–H groups in total. The van der Waals surface area contributed by atoms with Gasteiger partial charge in [-0.25, -0.2) is 18.4 Å². The van der Waals surface area contributed by atoms with E-state index in [1.807, 2.05) is 25.7 Å². The molecule has 1 aromatic carbocycles. The van der Waals surface area contributed by atoms with Crippen LogP contribution in [-0.4, -0.2) is 106 Å². The number of carbonyl (C=O) groups excluding carboxylic acids is 4. The Morgan fingerprint density at radius 2 is 1.78 bits per heavy atom. The number of hydrogen-bond acceptors (Lipinski definition) is 11. The fraction of sp³-hybridized carbons (Fsp3) is 0.646. The first-order valence-corrected chi connectivity index (χ1v) is 22.5. The van der Waals surface area contributed by atoms with Crippen LogP contribution in [0.4, 0.5) is 19.3 Å². The zero-order valence-electron chi connectivity index (χ0n) is 37.2. The van der Waals surface area contributed by atoms with Gasteiger partial charge in [0.2, 0.25) is 11.2 Å². The van der Waals surface area contributed by atoms with E-state index in [0.29, 0.717) is 43.6 Å². The number of amides is 1. The maximum atomic E-state index is 17.7. The monoisotopic (exact) mass is 875 g/mol. The van der Waals surface area contributed by atoms with Gasteiger partial charge in [0.05, 0.1) is 30.2 Å². The molecule has 0 bridgehead atoms. The number of Topliss-reactive ketones (excluding diaryl/α,β-unsaturated/α-hetero) is 1. The lowest BCUT2D eigenvalue weighted by Crippen LogP contribution is -2.69. The molecule has 63 heavy (non-hydrogen) atoms. The van der Waals surface area contributed by atoms with Crippen LogP contribution in [0.2, 0.25) is 0 Å². The third kappa shape index (κ3) is 6.35. The molecule has 0 radical (unpaired) electrons. The van der Waals surface area contributed by atoms with Gasteiger partial charge < -0.3 is 38.8 Å². The lowest BCUT2D eigenvalue weighted by atomic mass is 9.44. The number of likely N-dealkylation sites (tertiary alicyclic amines) is 1. The van der Waals surface area contributed by atoms with Crippen molar-refractivity contribution in [3.63, 3.8) is 0 Å². The number of piperidine rings is 1. The van der Waals surface area contributed by atoms with Gasteiger partial charge in [-0.1, -0.05) is 25.5 Å². The molecule has 10 atom stereocenters. The topological polar surface area (TPSA) is 165 Å². The summed E-state index contributed by atoms with van der Waals surface area (Å²) in [5.74, 6) is -4.69. The number of anilines is 1. The van der Waals surface area contributed by atoms with Crippen LogP contribution in [0.5, 0.6) is 5.75 Å². The van der Waals surface area contributed by atoms with E-state index in [1.165, 1.54) is 25.5 Å². The normalized spacial score (nSPS) is 36.0. The SMILES string of the molecule is COc1c(N2C[C@@H]3CCCN(C(=O)OC(C)(C)C)[C@@H]3C2)c(F)cc2c(=O)c(C(=O)OCC(=O)[C@]3(O)[C@H](C)C[C@@H]4[C@H]5CCC6=CC(=O)C=C[C@@]6(C)[C@]5(F)[C@H](O)C[C@]43C)cn(C3CC3)c12. The summed E-state index contributed by atoms with van der Waals surface area (Å²) in [7, 11) is 1.40. The van der Waals surface area contributed by atoms with Crippen LogP contribution in [0.15, 0.2) is 40.9 Å². The van der Waals surface area contributed by atoms with Crippen molar-refractivity contribution in [2.45, 2.75) is 128 Å². The number of aliphatic hydroxyl groups excluding tert-OH is 1. The largest absolute Gasteiger partial charge is 0.492 e. The van der Waals surface area contributed by atoms with Gasteiger partial charge in [0.15, 0.2) is 29.6 Å². The first-order valence-electron chi connectivity index (χ1n) is 22.5. The van der Waals surface area contributed by atoms with E-state index in [2.05, 4.69) is 0 Å². The Balaban J connectivity index is 0.981. The van der Waals surface area contributed by atoms with E-state index >= 15 is 8.78 Å². The van der Waals surface area contributed by atoms with Crippen molar-refractivity contribution in [3.05, 3.63) is 57.7 Å². The van der Waals surface area contributed by atoms with Gasteiger partial charge in [-0.05, 0) is 115 Å². The Hall–Kier alpha value is -4.63. The lowest BCUT2D eigenvalue weighted by Gasteiger charge is -2.62. The fourth-order valence-corrected chi connectivity index (χ4v) is 13.1. The van der Waals surface area contributed by atoms with Crippen LogP contribution in [0.25, 0.3) is 10.9 Å². The van der Waals surface area contributed by atoms with E-state index < -0.39 is 92.8 Å². The zero-order valence-corrected chi connectivity index (χ0v) is 37.2. The number of hydrogen-bond donors (Lipinski definition) is 2. The Morgan fingerprint density at radius 3 is 2.46 bits per heavy atom. The van der Waals surface area contributed by atoms with Gasteiger partial charge >= 0.3 is 12.1 Å². The van der Waals surface area contributed by atoms with Gasteiger partial charge in [0, 0.05) is 48.6 Å². The van der Waals surface area contributed by atoms with Crippen molar-refractivity contribution in [2.24, 2.45) is 34.5 Å². The highest BCUT2D eigenvalue weighted by molar-refractivity contribution is 6.01. The third-order valence-corrected chi connectivity index (χ3v) is 16.3. The van der Waals surface area contributed by atoms with Gasteiger partial charge in [-0.3, -0.25) is 14.4 Å². The smallest absolute Gasteiger partial charge is 0.410 e. The molecule has 2 aliphatic heterocycles. The number of esters is 1. The summed E-state index contributed by atoms with van der Waals surface area (Å²) >= 11 is 0. The van der Waals surface area contributed by atoms with E-state index in [-0.39, 0.29) is 53.4 Å². The summed E-state index contributed by atoms with van der Waals surface area (Å²) in [5.41, 5.74) is -7.63. The van der Waals surface area contributed by atoms with Crippen LogP contribution in [0.3, 0.4) is 0 Å². The van der Waals surface area contributed by atoms with Crippen molar-refractivity contribution < 1.29 is 52.4 Å². The molecular formula is C48H59F2N3O10. The molecular weight excluding hydrogens is 817 g/mol. The van der Waals surface area contributed by atoms with E-state index in [9.17, 15) is 34.2 Å². The summed E-state index contributed by atoms with van der Waals surface area (Å²) in [5, 5.41) is 24.1. The molecule has 13 nitrogen and oxygen atoms in total. The maximum absolute atomic E-state index is 17.7. The molecule has 340 valence electrons. The number of benzene rings is 1. The van der Waals surface area contributed by atoms with Crippen LogP contribution in [-0.2, 0) is 19.1 Å². The van der Waals surface area contributed by atoms with Crippen LogP contribution < -0.4 is 15.1 Å². The quantitative estimate of drug-likeness (QED) is 0.296. The highest BCUT2D eigenvalue weighted by atomic mass is 19.1. The molecule has 1 aromatic heterocycles. The highest BCUT2D eigenvalue weighted by Crippen LogP contribution is 2.70. The molecule has 9 rings (SSSR count). The number of carbonyl (C=O) groups is 4. The van der Waals surface area contributed by atoms with Gasteiger partial charge in [0.25, 0.3) is 0 Å².